The van der Waals surface area contributed by atoms with Crippen LogP contribution < -0.4 is 5.32 Å². The first-order valence-electron chi connectivity index (χ1n) is 7.87. The van der Waals surface area contributed by atoms with Crippen molar-refractivity contribution >= 4 is 10.0 Å². The molecule has 0 aromatic heterocycles. The number of hydrogen-bond donors (Lipinski definition) is 1. The highest BCUT2D eigenvalue weighted by Gasteiger charge is 2.41. The minimum Gasteiger partial charge on any atom is -0.317 e. The van der Waals surface area contributed by atoms with E-state index in [2.05, 4.69) is 5.32 Å². The quantitative estimate of drug-likeness (QED) is 0.857. The molecular weight excluding hydrogens is 260 g/mol. The van der Waals surface area contributed by atoms with Gasteiger partial charge in [0.2, 0.25) is 10.0 Å². The molecule has 19 heavy (non-hydrogen) atoms. The third-order valence-corrected chi connectivity index (χ3v) is 7.27. The molecule has 2 heterocycles. The van der Waals surface area contributed by atoms with Gasteiger partial charge in [0.1, 0.15) is 0 Å². The van der Waals surface area contributed by atoms with Crippen molar-refractivity contribution in [3.05, 3.63) is 0 Å². The Hall–Kier alpha value is -0.130. The van der Waals surface area contributed by atoms with Crippen molar-refractivity contribution in [3.8, 4) is 0 Å². The molecule has 2 atom stereocenters. The van der Waals surface area contributed by atoms with Crippen LogP contribution >= 0.6 is 0 Å². The van der Waals surface area contributed by atoms with Crippen molar-refractivity contribution in [3.63, 3.8) is 0 Å². The van der Waals surface area contributed by atoms with Crippen LogP contribution in [0.1, 0.15) is 44.9 Å². The Bertz CT molecular complexity index is 404. The largest absolute Gasteiger partial charge is 0.317 e. The van der Waals surface area contributed by atoms with Crippen LogP contribution in [0.15, 0.2) is 0 Å². The fourth-order valence-electron chi connectivity index (χ4n) is 4.20. The Morgan fingerprint density at radius 2 is 1.74 bits per heavy atom. The second kappa shape index (κ2) is 5.70. The summed E-state index contributed by atoms with van der Waals surface area (Å²) in [6, 6.07) is 0.334. The van der Waals surface area contributed by atoms with Crippen LogP contribution in [0, 0.1) is 11.8 Å². The summed E-state index contributed by atoms with van der Waals surface area (Å²) in [6.45, 7) is 2.73. The number of sulfonamides is 1. The Labute approximate surface area is 117 Å². The second-order valence-electron chi connectivity index (χ2n) is 6.48. The molecule has 3 aliphatic rings. The fraction of sp³-hybridized carbons (Fsp3) is 1.00. The molecule has 0 aromatic rings. The number of fused-ring (bicyclic) bond motifs is 1. The van der Waals surface area contributed by atoms with E-state index in [1.807, 2.05) is 4.31 Å². The summed E-state index contributed by atoms with van der Waals surface area (Å²) >= 11 is 0. The van der Waals surface area contributed by atoms with Crippen molar-refractivity contribution < 1.29 is 8.42 Å². The Balaban J connectivity index is 1.68. The van der Waals surface area contributed by atoms with Crippen LogP contribution in [-0.4, -0.2) is 44.2 Å². The number of nitrogens with one attached hydrogen (secondary N) is 1. The maximum absolute atomic E-state index is 12.7. The topological polar surface area (TPSA) is 49.4 Å². The highest BCUT2D eigenvalue weighted by atomic mass is 32.2. The second-order valence-corrected chi connectivity index (χ2v) is 8.45. The average molecular weight is 286 g/mol. The predicted molar refractivity (Wildman–Crippen MR) is 76.4 cm³/mol. The van der Waals surface area contributed by atoms with E-state index < -0.39 is 10.0 Å². The highest BCUT2D eigenvalue weighted by Crippen LogP contribution is 2.38. The van der Waals surface area contributed by atoms with Gasteiger partial charge in [0.25, 0.3) is 0 Å². The molecule has 2 saturated heterocycles. The molecule has 4 nitrogen and oxygen atoms in total. The lowest BCUT2D eigenvalue weighted by Crippen LogP contribution is -2.48. The lowest BCUT2D eigenvalue weighted by atomic mass is 9.94. The van der Waals surface area contributed by atoms with Crippen molar-refractivity contribution in [1.82, 2.24) is 9.62 Å². The zero-order chi connectivity index (χ0) is 13.3. The SMILES string of the molecule is O=S(=O)(CC1CCNCC1)N1CCCC2CCCC21. The van der Waals surface area contributed by atoms with E-state index in [1.54, 1.807) is 0 Å². The fourth-order valence-corrected chi connectivity index (χ4v) is 6.41. The number of hydrogen-bond acceptors (Lipinski definition) is 3. The van der Waals surface area contributed by atoms with Crippen LogP contribution in [0.2, 0.25) is 0 Å². The summed E-state index contributed by atoms with van der Waals surface area (Å²) < 4.78 is 27.3. The van der Waals surface area contributed by atoms with Gasteiger partial charge in [-0.25, -0.2) is 8.42 Å². The summed E-state index contributed by atoms with van der Waals surface area (Å²) in [5.74, 6) is 1.40. The Morgan fingerprint density at radius 3 is 2.53 bits per heavy atom. The molecule has 0 bridgehead atoms. The summed E-state index contributed by atoms with van der Waals surface area (Å²) in [5, 5.41) is 3.31. The number of rotatable bonds is 3. The zero-order valence-electron chi connectivity index (χ0n) is 11.7. The van der Waals surface area contributed by atoms with E-state index in [1.165, 1.54) is 19.3 Å². The molecule has 1 N–H and O–H groups in total. The standard InChI is InChI=1S/C14H26N2O2S/c17-19(18,11-12-6-8-15-9-7-12)16-10-2-4-13-3-1-5-14(13)16/h12-15H,1-11H2. The summed E-state index contributed by atoms with van der Waals surface area (Å²) in [6.07, 6.45) is 7.88. The molecule has 1 saturated carbocycles. The lowest BCUT2D eigenvalue weighted by Gasteiger charge is -2.37. The minimum atomic E-state index is -3.03. The Morgan fingerprint density at radius 1 is 1.00 bits per heavy atom. The molecular formula is C14H26N2O2S. The van der Waals surface area contributed by atoms with Gasteiger partial charge in [-0.1, -0.05) is 6.42 Å². The highest BCUT2D eigenvalue weighted by molar-refractivity contribution is 7.89. The maximum Gasteiger partial charge on any atom is 0.214 e. The van der Waals surface area contributed by atoms with Gasteiger partial charge in [-0.05, 0) is 63.5 Å². The van der Waals surface area contributed by atoms with Crippen LogP contribution in [0.4, 0.5) is 0 Å². The first-order chi connectivity index (χ1) is 9.17. The molecule has 110 valence electrons. The molecule has 2 aliphatic heterocycles. The first kappa shape index (κ1) is 13.8. The summed E-state index contributed by atoms with van der Waals surface area (Å²) in [7, 11) is -3.03. The number of nitrogens with zero attached hydrogens (tertiary/aromatic N) is 1. The van der Waals surface area contributed by atoms with Crippen molar-refractivity contribution in [2.24, 2.45) is 11.8 Å². The van der Waals surface area contributed by atoms with Crippen molar-refractivity contribution in [2.45, 2.75) is 51.0 Å². The van der Waals surface area contributed by atoms with E-state index in [-0.39, 0.29) is 0 Å². The van der Waals surface area contributed by atoms with Gasteiger partial charge in [-0.15, -0.1) is 0 Å². The molecule has 0 amide bonds. The van der Waals surface area contributed by atoms with E-state index in [0.29, 0.717) is 23.6 Å². The predicted octanol–water partition coefficient (Wildman–Crippen LogP) is 1.58. The van der Waals surface area contributed by atoms with Crippen LogP contribution in [0.3, 0.4) is 0 Å². The first-order valence-corrected chi connectivity index (χ1v) is 9.48. The van der Waals surface area contributed by atoms with Gasteiger partial charge in [-0.3, -0.25) is 0 Å². The number of piperidine rings is 2. The van der Waals surface area contributed by atoms with Gasteiger partial charge in [0, 0.05) is 12.6 Å². The third-order valence-electron chi connectivity index (χ3n) is 5.20. The van der Waals surface area contributed by atoms with E-state index in [9.17, 15) is 8.42 Å². The van der Waals surface area contributed by atoms with Gasteiger partial charge in [0.05, 0.1) is 5.75 Å². The van der Waals surface area contributed by atoms with Gasteiger partial charge in [0.15, 0.2) is 0 Å². The monoisotopic (exact) mass is 286 g/mol. The molecule has 2 unspecified atom stereocenters. The molecule has 5 heteroatoms. The average Bonchev–Trinajstić information content (AvgIpc) is 2.87. The van der Waals surface area contributed by atoms with Gasteiger partial charge in [-0.2, -0.15) is 4.31 Å². The van der Waals surface area contributed by atoms with E-state index in [4.69, 9.17) is 0 Å². The normalized spacial score (nSPS) is 34.3. The molecule has 0 aromatic carbocycles. The summed E-state index contributed by atoms with van der Waals surface area (Å²) in [5.41, 5.74) is 0. The van der Waals surface area contributed by atoms with Crippen molar-refractivity contribution in [2.75, 3.05) is 25.4 Å². The minimum absolute atomic E-state index is 0.334. The molecule has 0 spiro atoms. The third kappa shape index (κ3) is 2.98. The van der Waals surface area contributed by atoms with Gasteiger partial charge >= 0.3 is 0 Å². The molecule has 3 fully saturated rings. The maximum atomic E-state index is 12.7. The van der Waals surface area contributed by atoms with Crippen LogP contribution in [0.5, 0.6) is 0 Å². The molecule has 0 radical (unpaired) electrons. The lowest BCUT2D eigenvalue weighted by molar-refractivity contribution is 0.200. The Kier molecular flexibility index (Phi) is 4.15. The molecule has 3 rings (SSSR count). The zero-order valence-corrected chi connectivity index (χ0v) is 12.5. The van der Waals surface area contributed by atoms with Crippen LogP contribution in [0.25, 0.3) is 0 Å². The smallest absolute Gasteiger partial charge is 0.214 e. The van der Waals surface area contributed by atoms with E-state index in [0.717, 1.165) is 45.3 Å². The van der Waals surface area contributed by atoms with Gasteiger partial charge < -0.3 is 5.32 Å². The molecule has 1 aliphatic carbocycles. The summed E-state index contributed by atoms with van der Waals surface area (Å²) in [4.78, 5) is 0. The van der Waals surface area contributed by atoms with Crippen molar-refractivity contribution in [1.29, 1.82) is 0 Å². The van der Waals surface area contributed by atoms with Crippen LogP contribution in [-0.2, 0) is 10.0 Å². The van der Waals surface area contributed by atoms with E-state index >= 15 is 0 Å².